The molecule has 282 valence electrons. The number of phosphoric acid groups is 1. The number of carbonyl (C=O) groups excluding carboxylic acids is 2. The summed E-state index contributed by atoms with van der Waals surface area (Å²) >= 11 is 0. The van der Waals surface area contributed by atoms with Gasteiger partial charge in [0.15, 0.2) is 6.10 Å². The van der Waals surface area contributed by atoms with Crippen molar-refractivity contribution in [2.24, 2.45) is 5.92 Å². The second-order valence-corrected chi connectivity index (χ2v) is 15.4. The molecule has 0 aromatic carbocycles. The minimum Gasteiger partial charge on any atom is -0.462 e. The molecule has 0 radical (unpaired) electrons. The molecule has 48 heavy (non-hydrogen) atoms. The van der Waals surface area contributed by atoms with E-state index in [0.717, 1.165) is 63.7 Å². The maximum absolute atomic E-state index is 12.4. The van der Waals surface area contributed by atoms with Crippen LogP contribution in [-0.2, 0) is 32.9 Å². The van der Waals surface area contributed by atoms with Gasteiger partial charge in [0.2, 0.25) is 0 Å². The smallest absolute Gasteiger partial charge is 0.462 e. The van der Waals surface area contributed by atoms with Crippen molar-refractivity contribution >= 4 is 19.8 Å². The second-order valence-electron chi connectivity index (χ2n) is 14.1. The van der Waals surface area contributed by atoms with E-state index in [4.69, 9.17) is 24.0 Å². The minimum atomic E-state index is -4.75. The highest BCUT2D eigenvalue weighted by atomic mass is 31.2. The van der Waals surface area contributed by atoms with Gasteiger partial charge in [-0.1, -0.05) is 142 Å². The van der Waals surface area contributed by atoms with Crippen LogP contribution < -0.4 is 0 Å². The second kappa shape index (κ2) is 29.5. The van der Waals surface area contributed by atoms with Crippen LogP contribution in [0.5, 0.6) is 0 Å². The fourth-order valence-corrected chi connectivity index (χ4v) is 6.22. The van der Waals surface area contributed by atoms with Crippen molar-refractivity contribution in [3.05, 3.63) is 12.2 Å². The van der Waals surface area contributed by atoms with E-state index in [1.165, 1.54) is 77.0 Å². The molecule has 3 atom stereocenters. The Morgan fingerprint density at radius 2 is 1.27 bits per heavy atom. The Bertz CT molecular complexity index is 872. The number of epoxide rings is 1. The van der Waals surface area contributed by atoms with E-state index in [2.05, 4.69) is 37.4 Å². The van der Waals surface area contributed by atoms with Crippen molar-refractivity contribution in [3.63, 3.8) is 0 Å². The SMILES string of the molecule is CCCCCC1OC1C/C=C\CCCCCCCC(=O)OC[C@H](COP(=O)(O)O)OC(=O)CCCCCCCCCCCCCC(C)C. The molecule has 0 bridgehead atoms. The summed E-state index contributed by atoms with van der Waals surface area (Å²) in [5.74, 6) is -0.0957. The van der Waals surface area contributed by atoms with Gasteiger partial charge in [-0.2, -0.15) is 0 Å². The topological polar surface area (TPSA) is 132 Å². The van der Waals surface area contributed by atoms with Gasteiger partial charge in [0.05, 0.1) is 18.8 Å². The molecular formula is C38H71O9P. The normalized spacial score (nSPS) is 16.9. The molecule has 0 aliphatic carbocycles. The van der Waals surface area contributed by atoms with Crippen molar-refractivity contribution in [1.82, 2.24) is 0 Å². The zero-order chi connectivity index (χ0) is 35.3. The Kier molecular flexibility index (Phi) is 27.5. The summed E-state index contributed by atoms with van der Waals surface area (Å²) in [4.78, 5) is 42.7. The lowest BCUT2D eigenvalue weighted by Crippen LogP contribution is -2.29. The monoisotopic (exact) mass is 702 g/mol. The van der Waals surface area contributed by atoms with E-state index in [1.54, 1.807) is 0 Å². The quantitative estimate of drug-likeness (QED) is 0.0221. The Morgan fingerprint density at radius 3 is 1.85 bits per heavy atom. The molecule has 0 aromatic heterocycles. The summed E-state index contributed by atoms with van der Waals surface area (Å²) in [5.41, 5.74) is 0. The van der Waals surface area contributed by atoms with Gasteiger partial charge in [0.1, 0.15) is 6.61 Å². The molecule has 0 spiro atoms. The van der Waals surface area contributed by atoms with E-state index >= 15 is 0 Å². The molecule has 1 heterocycles. The van der Waals surface area contributed by atoms with Crippen LogP contribution in [0, 0.1) is 5.92 Å². The Morgan fingerprint density at radius 1 is 0.708 bits per heavy atom. The highest BCUT2D eigenvalue weighted by Gasteiger charge is 2.36. The van der Waals surface area contributed by atoms with Crippen LogP contribution in [-0.4, -0.2) is 53.3 Å². The number of hydrogen-bond acceptors (Lipinski definition) is 7. The Labute approximate surface area is 292 Å². The van der Waals surface area contributed by atoms with Crippen LogP contribution in [0.2, 0.25) is 0 Å². The van der Waals surface area contributed by atoms with Crippen LogP contribution in [0.4, 0.5) is 0 Å². The number of hydrogen-bond donors (Lipinski definition) is 2. The fourth-order valence-electron chi connectivity index (χ4n) is 5.86. The number of unbranched alkanes of at least 4 members (excludes halogenated alkanes) is 17. The molecule has 1 aliphatic heterocycles. The van der Waals surface area contributed by atoms with E-state index in [1.807, 2.05) is 0 Å². The maximum atomic E-state index is 12.4. The summed E-state index contributed by atoms with van der Waals surface area (Å²) in [6.07, 6.45) is 31.1. The third-order valence-corrected chi connectivity index (χ3v) is 9.37. The van der Waals surface area contributed by atoms with Crippen molar-refractivity contribution in [3.8, 4) is 0 Å². The third-order valence-electron chi connectivity index (χ3n) is 8.89. The average Bonchev–Trinajstić information content (AvgIpc) is 3.79. The lowest BCUT2D eigenvalue weighted by molar-refractivity contribution is -0.161. The fraction of sp³-hybridized carbons (Fsp3) is 0.895. The minimum absolute atomic E-state index is 0.209. The van der Waals surface area contributed by atoms with E-state index in [-0.39, 0.29) is 19.4 Å². The lowest BCUT2D eigenvalue weighted by Gasteiger charge is -2.18. The van der Waals surface area contributed by atoms with Gasteiger partial charge in [-0.25, -0.2) is 4.57 Å². The third kappa shape index (κ3) is 29.6. The summed E-state index contributed by atoms with van der Waals surface area (Å²) in [7, 11) is -4.75. The molecule has 1 fully saturated rings. The molecule has 1 saturated heterocycles. The van der Waals surface area contributed by atoms with E-state index in [9.17, 15) is 14.2 Å². The lowest BCUT2D eigenvalue weighted by atomic mass is 10.0. The number of rotatable bonds is 34. The highest BCUT2D eigenvalue weighted by Crippen LogP contribution is 2.36. The number of carbonyl (C=O) groups is 2. The van der Waals surface area contributed by atoms with Gasteiger partial charge in [0.25, 0.3) is 0 Å². The number of ether oxygens (including phenoxy) is 3. The van der Waals surface area contributed by atoms with Crippen molar-refractivity contribution in [2.75, 3.05) is 13.2 Å². The first-order valence-electron chi connectivity index (χ1n) is 19.5. The standard InChI is InChI=1S/C38H71O9P/c1-4-5-21-27-35-36(47-35)28-23-18-14-11-12-15-19-24-29-37(39)44-31-34(32-45-48(41,42)43)46-38(40)30-25-20-16-10-8-6-7-9-13-17-22-26-33(2)3/h18,23,33-36H,4-17,19-22,24-32H2,1-3H3,(H2,41,42,43)/b23-18-/t34-,35?,36?/m1/s1. The average molecular weight is 703 g/mol. The summed E-state index contributed by atoms with van der Waals surface area (Å²) < 4.78 is 32.0. The molecule has 1 aliphatic rings. The summed E-state index contributed by atoms with van der Waals surface area (Å²) in [6, 6.07) is 0. The first-order valence-corrected chi connectivity index (χ1v) is 21.0. The molecule has 0 amide bonds. The van der Waals surface area contributed by atoms with Gasteiger partial charge >= 0.3 is 19.8 Å². The Balaban J connectivity index is 2.07. The predicted molar refractivity (Wildman–Crippen MR) is 193 cm³/mol. The van der Waals surface area contributed by atoms with Crippen LogP contribution in [0.1, 0.15) is 181 Å². The molecule has 1 rings (SSSR count). The molecule has 9 nitrogen and oxygen atoms in total. The first kappa shape index (κ1) is 44.8. The van der Waals surface area contributed by atoms with Crippen molar-refractivity contribution in [1.29, 1.82) is 0 Å². The molecule has 2 N–H and O–H groups in total. The summed E-state index contributed by atoms with van der Waals surface area (Å²) in [5, 5.41) is 0. The van der Waals surface area contributed by atoms with E-state index in [0.29, 0.717) is 25.0 Å². The molecule has 10 heteroatoms. The predicted octanol–water partition coefficient (Wildman–Crippen LogP) is 10.3. The number of phosphoric ester groups is 1. The largest absolute Gasteiger partial charge is 0.469 e. The first-order chi connectivity index (χ1) is 23.1. The highest BCUT2D eigenvalue weighted by molar-refractivity contribution is 7.46. The summed E-state index contributed by atoms with van der Waals surface area (Å²) in [6.45, 7) is 5.96. The van der Waals surface area contributed by atoms with Crippen LogP contribution in [0.3, 0.4) is 0 Å². The molecule has 0 saturated carbocycles. The van der Waals surface area contributed by atoms with Crippen molar-refractivity contribution < 1.29 is 42.7 Å². The molecular weight excluding hydrogens is 631 g/mol. The number of allylic oxidation sites excluding steroid dienone is 1. The van der Waals surface area contributed by atoms with Crippen LogP contribution in [0.25, 0.3) is 0 Å². The van der Waals surface area contributed by atoms with Gasteiger partial charge < -0.3 is 24.0 Å². The number of esters is 2. The van der Waals surface area contributed by atoms with Gasteiger partial charge in [-0.3, -0.25) is 14.1 Å². The van der Waals surface area contributed by atoms with Gasteiger partial charge in [0, 0.05) is 12.8 Å². The maximum Gasteiger partial charge on any atom is 0.469 e. The Hall–Kier alpha value is -1.25. The van der Waals surface area contributed by atoms with Crippen LogP contribution in [0.15, 0.2) is 12.2 Å². The van der Waals surface area contributed by atoms with Gasteiger partial charge in [-0.15, -0.1) is 0 Å². The molecule has 2 unspecified atom stereocenters. The van der Waals surface area contributed by atoms with Crippen LogP contribution >= 0.6 is 7.82 Å². The zero-order valence-electron chi connectivity index (χ0n) is 30.8. The van der Waals surface area contributed by atoms with E-state index < -0.39 is 32.5 Å². The zero-order valence-corrected chi connectivity index (χ0v) is 31.6. The van der Waals surface area contributed by atoms with Gasteiger partial charge in [-0.05, 0) is 44.4 Å². The van der Waals surface area contributed by atoms with Crippen molar-refractivity contribution in [2.45, 2.75) is 200 Å². The molecule has 0 aromatic rings.